The van der Waals surface area contributed by atoms with Crippen LogP contribution in [0.2, 0.25) is 0 Å². The number of esters is 2. The van der Waals surface area contributed by atoms with Gasteiger partial charge in [-0.1, -0.05) is 301 Å². The third-order valence-corrected chi connectivity index (χ3v) is 15.1. The molecule has 4 atom stereocenters. The van der Waals surface area contributed by atoms with Gasteiger partial charge < -0.3 is 14.2 Å². The number of carbonyl (C=O) groups excluding carboxylic acids is 6. The molecule has 0 saturated carbocycles. The van der Waals surface area contributed by atoms with Crippen molar-refractivity contribution in [1.29, 1.82) is 0 Å². The Bertz CT molecular complexity index is 1670. The molecule has 502 valence electrons. The first-order valence-corrected chi connectivity index (χ1v) is 35.6. The highest BCUT2D eigenvalue weighted by Crippen LogP contribution is 2.24. The first kappa shape index (κ1) is 90.6. The maximum absolute atomic E-state index is 12.6. The highest BCUT2D eigenvalue weighted by atomic mass is 16.5. The Balaban J connectivity index is -0.000000382. The van der Waals surface area contributed by atoms with Crippen LogP contribution in [0.4, 0.5) is 0 Å². The molecule has 0 aromatic heterocycles. The van der Waals surface area contributed by atoms with Crippen LogP contribution >= 0.6 is 0 Å². The molecule has 0 aliphatic heterocycles. The summed E-state index contributed by atoms with van der Waals surface area (Å²) in [6.07, 6.45) is 50.3. The number of hydrogen-bond donors (Lipinski definition) is 0. The van der Waals surface area contributed by atoms with E-state index in [4.69, 9.17) is 14.2 Å². The summed E-state index contributed by atoms with van der Waals surface area (Å²) in [5.41, 5.74) is 2.84. The van der Waals surface area contributed by atoms with Crippen molar-refractivity contribution in [3.63, 3.8) is 0 Å². The van der Waals surface area contributed by atoms with Crippen molar-refractivity contribution < 1.29 is 43.0 Å². The van der Waals surface area contributed by atoms with Crippen LogP contribution in [0.5, 0.6) is 0 Å². The molecule has 0 aliphatic rings. The number of ether oxygens (including phenoxy) is 3. The molecule has 0 radical (unpaired) electrons. The second-order valence-corrected chi connectivity index (χ2v) is 23.7. The molecule has 2 unspecified atom stereocenters. The van der Waals surface area contributed by atoms with E-state index >= 15 is 0 Å². The van der Waals surface area contributed by atoms with E-state index in [1.165, 1.54) is 185 Å². The lowest BCUT2D eigenvalue weighted by Gasteiger charge is -2.21. The monoisotopic (exact) mass is 1210 g/mol. The average molecular weight is 1210 g/mol. The van der Waals surface area contributed by atoms with Gasteiger partial charge in [0, 0.05) is 44.9 Å². The number of rotatable bonds is 56. The molecule has 0 aromatic carbocycles. The van der Waals surface area contributed by atoms with Crippen LogP contribution < -0.4 is 0 Å². The third-order valence-electron chi connectivity index (χ3n) is 15.1. The van der Waals surface area contributed by atoms with Crippen molar-refractivity contribution in [3.05, 3.63) is 68.2 Å². The lowest BCUT2D eigenvalue weighted by molar-refractivity contribution is -0.151. The zero-order valence-corrected chi connectivity index (χ0v) is 58.7. The Morgan fingerprint density at radius 3 is 1.16 bits per heavy atom. The zero-order valence-electron chi connectivity index (χ0n) is 58.7. The fourth-order valence-corrected chi connectivity index (χ4v) is 10.1. The largest absolute Gasteiger partial charge is 0.490 e. The normalized spacial score (nSPS) is 11.9. The minimum absolute atomic E-state index is 0.00700. The van der Waals surface area contributed by atoms with Gasteiger partial charge in [-0.3, -0.25) is 28.8 Å². The van der Waals surface area contributed by atoms with Gasteiger partial charge in [-0.25, -0.2) is 0 Å². The van der Waals surface area contributed by atoms with Crippen LogP contribution in [-0.2, 0) is 43.0 Å². The maximum atomic E-state index is 12.6. The summed E-state index contributed by atoms with van der Waals surface area (Å²) in [7, 11) is 0. The molecule has 0 rings (SSSR count). The van der Waals surface area contributed by atoms with Gasteiger partial charge >= 0.3 is 11.9 Å². The molecule has 9 heteroatoms. The summed E-state index contributed by atoms with van der Waals surface area (Å²) in [6.45, 7) is 41.2. The van der Waals surface area contributed by atoms with Gasteiger partial charge in [-0.15, -0.1) is 0 Å². The van der Waals surface area contributed by atoms with Crippen molar-refractivity contribution in [3.8, 4) is 0 Å². The fraction of sp³-hybridized carbons (Fsp3) is 0.779. The average Bonchev–Trinajstić information content (AvgIpc) is 3.54. The van der Waals surface area contributed by atoms with E-state index in [9.17, 15) is 28.8 Å². The number of unbranched alkanes of at least 4 members (excludes halogenated alkanes) is 22. The smallest absolute Gasteiger partial charge is 0.306 e. The summed E-state index contributed by atoms with van der Waals surface area (Å²) in [4.78, 5) is 72.6. The molecule has 0 bridgehead atoms. The summed E-state index contributed by atoms with van der Waals surface area (Å²) in [5.74, 6) is 0.0774. The van der Waals surface area contributed by atoms with E-state index in [1.807, 2.05) is 33.8 Å². The quantitative estimate of drug-likeness (QED) is 0.0192. The molecular weight excluding hydrogens is 1070 g/mol. The number of carbonyl (C=O) groups is 6. The second kappa shape index (κ2) is 73.4. The molecule has 0 saturated heterocycles. The highest BCUT2D eigenvalue weighted by Gasteiger charge is 2.24. The Hall–Kier alpha value is -4.10. The van der Waals surface area contributed by atoms with Crippen molar-refractivity contribution in [1.82, 2.24) is 0 Å². The lowest BCUT2D eigenvalue weighted by Crippen LogP contribution is -2.24. The van der Waals surface area contributed by atoms with Gasteiger partial charge in [-0.05, 0) is 86.5 Å². The van der Waals surface area contributed by atoms with Crippen LogP contribution in [0.1, 0.15) is 346 Å². The van der Waals surface area contributed by atoms with Crippen molar-refractivity contribution in [2.24, 2.45) is 23.7 Å². The van der Waals surface area contributed by atoms with E-state index in [1.54, 1.807) is 6.08 Å². The summed E-state index contributed by atoms with van der Waals surface area (Å²) in [6, 6.07) is 0. The van der Waals surface area contributed by atoms with Gasteiger partial charge in [0.05, 0.1) is 13.2 Å². The standard InChI is InChI=1S/C29H46O5.C27H46O4.C10H22.C9H20.C2H6/c1-6-10-11-12-13-14-15-16-17-27(32)21-24(20-26(31)8-3)22-29(33)34-28(9-4)19-23(5)18-25(30)7-2;1-5-9-11-13-15-17-19-30-26(8-4)22-24(21-25(28)7-3)23-27(29)31-20-18-16-14-12-10-6-2;1-4-7-10(8-5-2)9-6-3;1-3-5-7-9-8-6-4-2;1-2/h7-8,16-17,23-24,28H,2-3,6,9-15,18-22H2,1,4-5H3;7,24H,3-6,9-23H2,1-2H3;10H,4-9H2,1-3H3;3-9H2,1-2H3;1-2H3/b17-16-;;;;/t23-,24?,28-;;;;/m0..../s1. The van der Waals surface area contributed by atoms with Gasteiger partial charge in [0.2, 0.25) is 0 Å². The minimum Gasteiger partial charge on any atom is -0.490 e. The van der Waals surface area contributed by atoms with E-state index < -0.39 is 11.9 Å². The SMILES string of the molecule is C=C=C(CC(CC(=O)C=C)CC(=O)OCCCCCCCC)OCCCCCCCC.C=CC(=O)CC(CC(=O)/C=C\CCCCCCCC)CC(=O)O[C@@H](CC)C[C@@H](C)CC(=O)C=C.CC.CCCC(CCC)CCC.CCCCCCCCC. The first-order chi connectivity index (χ1) is 41.6. The first-order valence-electron chi connectivity index (χ1n) is 35.6. The van der Waals surface area contributed by atoms with Crippen molar-refractivity contribution in [2.45, 2.75) is 352 Å². The van der Waals surface area contributed by atoms with E-state index in [0.717, 1.165) is 44.4 Å². The molecule has 9 nitrogen and oxygen atoms in total. The van der Waals surface area contributed by atoms with Crippen LogP contribution in [0.15, 0.2) is 68.2 Å². The fourth-order valence-electron chi connectivity index (χ4n) is 10.1. The number of ketones is 4. The second-order valence-electron chi connectivity index (χ2n) is 23.7. The Labute approximate surface area is 533 Å². The van der Waals surface area contributed by atoms with Crippen LogP contribution in [0, 0.1) is 23.7 Å². The highest BCUT2D eigenvalue weighted by molar-refractivity contribution is 5.93. The Morgan fingerprint density at radius 2 is 0.767 bits per heavy atom. The van der Waals surface area contributed by atoms with Gasteiger partial charge in [0.25, 0.3) is 0 Å². The summed E-state index contributed by atoms with van der Waals surface area (Å²) in [5, 5.41) is 0. The van der Waals surface area contributed by atoms with E-state index in [0.29, 0.717) is 44.7 Å². The van der Waals surface area contributed by atoms with Gasteiger partial charge in [-0.2, -0.15) is 0 Å². The molecule has 0 aliphatic carbocycles. The van der Waals surface area contributed by atoms with Crippen LogP contribution in [0.25, 0.3) is 0 Å². The van der Waals surface area contributed by atoms with Crippen LogP contribution in [-0.4, -0.2) is 54.4 Å². The topological polar surface area (TPSA) is 130 Å². The molecule has 86 heavy (non-hydrogen) atoms. The van der Waals surface area contributed by atoms with Crippen LogP contribution in [0.3, 0.4) is 0 Å². The molecule has 0 amide bonds. The lowest BCUT2D eigenvalue weighted by atomic mass is 9.92. The van der Waals surface area contributed by atoms with Gasteiger partial charge in [0.1, 0.15) is 11.9 Å². The van der Waals surface area contributed by atoms with E-state index in [-0.39, 0.29) is 79.1 Å². The predicted molar refractivity (Wildman–Crippen MR) is 371 cm³/mol. The zero-order chi connectivity index (χ0) is 65.7. The maximum Gasteiger partial charge on any atom is 0.306 e. The molecule has 0 spiro atoms. The van der Waals surface area contributed by atoms with Crippen molar-refractivity contribution >= 4 is 35.1 Å². The number of allylic oxidation sites excluding steroid dienone is 6. The molecule has 0 heterocycles. The van der Waals surface area contributed by atoms with Gasteiger partial charge in [0.15, 0.2) is 23.1 Å². The summed E-state index contributed by atoms with van der Waals surface area (Å²) < 4.78 is 16.8. The minimum atomic E-state index is -0.417. The van der Waals surface area contributed by atoms with Crippen molar-refractivity contribution in [2.75, 3.05) is 13.2 Å². The number of hydrogen-bond acceptors (Lipinski definition) is 9. The Morgan fingerprint density at radius 1 is 0.407 bits per heavy atom. The molecule has 0 fully saturated rings. The third kappa shape index (κ3) is 69.0. The molecule has 0 N–H and O–H groups in total. The molecular formula is C77H140O9. The summed E-state index contributed by atoms with van der Waals surface area (Å²) >= 11 is 0. The molecule has 0 aromatic rings. The van der Waals surface area contributed by atoms with E-state index in [2.05, 4.69) is 87.4 Å². The predicted octanol–water partition coefficient (Wildman–Crippen LogP) is 23.2. The Kier molecular flexibility index (Phi) is 77.3.